The van der Waals surface area contributed by atoms with Crippen molar-refractivity contribution in [3.8, 4) is 0 Å². The van der Waals surface area contributed by atoms with Crippen LogP contribution in [-0.2, 0) is 69.9 Å². The van der Waals surface area contributed by atoms with Gasteiger partial charge in [0.25, 0.3) is 0 Å². The minimum absolute atomic E-state index is 0.274. The topological polar surface area (TPSA) is 465 Å². The fourth-order valence-electron chi connectivity index (χ4n) is 9.73. The van der Waals surface area contributed by atoms with Crippen LogP contribution in [-0.4, -0.2) is 298 Å². The molecule has 420 valence electrons. The van der Waals surface area contributed by atoms with Crippen LogP contribution in [0, 0.1) is 0 Å². The average molecular weight is 1060 g/mol. The summed E-state index contributed by atoms with van der Waals surface area (Å²) in [6.45, 7) is -4.15. The Morgan fingerprint density at radius 3 is 1.41 bits per heavy atom. The average Bonchev–Trinajstić information content (AvgIpc) is 3.77. The highest BCUT2D eigenvalue weighted by Gasteiger charge is 2.57. The van der Waals surface area contributed by atoms with Gasteiger partial charge in [-0.2, -0.15) is 0 Å². The first-order chi connectivity index (χ1) is 34.9. The van der Waals surface area contributed by atoms with Gasteiger partial charge in [0.05, 0.1) is 38.7 Å². The lowest BCUT2D eigenvalue weighted by molar-refractivity contribution is -0.392. The summed E-state index contributed by atoms with van der Waals surface area (Å²) in [6.07, 6.45) is -42.6. The second-order valence-corrected chi connectivity index (χ2v) is 18.7. The zero-order valence-electron chi connectivity index (χ0n) is 39.7. The Hall–Kier alpha value is -2.43. The number of aliphatic hydroxyl groups is 15. The van der Waals surface area contributed by atoms with Crippen molar-refractivity contribution in [3.05, 3.63) is 11.4 Å². The molecule has 1 amide bonds. The van der Waals surface area contributed by atoms with Crippen LogP contribution in [0.4, 0.5) is 0 Å². The number of hydrogen-bond acceptors (Lipinski definition) is 29. The molecule has 0 spiro atoms. The Morgan fingerprint density at radius 2 is 0.959 bits per heavy atom. The molecule has 26 atom stereocenters. The van der Waals surface area contributed by atoms with Gasteiger partial charge in [-0.05, 0) is 19.3 Å². The van der Waals surface area contributed by atoms with Crippen LogP contribution in [0.15, 0.2) is 0 Å². The van der Waals surface area contributed by atoms with Crippen LogP contribution in [0.1, 0.15) is 43.2 Å². The number of carbonyl (C=O) groups is 1. The monoisotopic (exact) mass is 1060 g/mol. The summed E-state index contributed by atoms with van der Waals surface area (Å²) in [7, 11) is 2.63. The van der Waals surface area contributed by atoms with E-state index in [1.165, 1.54) is 18.8 Å². The van der Waals surface area contributed by atoms with Crippen molar-refractivity contribution in [2.24, 2.45) is 0 Å². The molecule has 5 fully saturated rings. The predicted molar refractivity (Wildman–Crippen MR) is 229 cm³/mol. The van der Waals surface area contributed by atoms with Crippen LogP contribution in [0.25, 0.3) is 0 Å². The van der Waals surface area contributed by atoms with Gasteiger partial charge >= 0.3 is 0 Å². The molecule has 0 saturated carbocycles. The molecule has 73 heavy (non-hydrogen) atoms. The normalized spacial score (nSPS) is 45.8. The summed E-state index contributed by atoms with van der Waals surface area (Å²) in [4.78, 5) is 12.1. The molecule has 5 aliphatic heterocycles. The van der Waals surface area contributed by atoms with Gasteiger partial charge in [0.2, 0.25) is 5.91 Å². The number of nitrogens with one attached hydrogen (secondary N) is 1. The highest BCUT2D eigenvalue weighted by atomic mass is 16.8. The summed E-state index contributed by atoms with van der Waals surface area (Å²) in [5, 5.41) is 173. The van der Waals surface area contributed by atoms with Gasteiger partial charge in [-0.15, -0.1) is 5.10 Å². The van der Waals surface area contributed by atoms with Crippen molar-refractivity contribution in [1.82, 2.24) is 20.3 Å². The Balaban J connectivity index is 1.08. The van der Waals surface area contributed by atoms with E-state index in [0.717, 1.165) is 12.8 Å². The summed E-state index contributed by atoms with van der Waals surface area (Å²) >= 11 is 0. The summed E-state index contributed by atoms with van der Waals surface area (Å²) < 4.78 is 64.3. The highest BCUT2D eigenvalue weighted by molar-refractivity contribution is 5.76. The Bertz CT molecular complexity index is 1870. The molecule has 31 nitrogen and oxygen atoms in total. The number of aromatic nitrogens is 3. The van der Waals surface area contributed by atoms with Gasteiger partial charge in [-0.1, -0.05) is 18.1 Å². The maximum absolute atomic E-state index is 12.1. The molecule has 1 aromatic rings. The van der Waals surface area contributed by atoms with E-state index in [4.69, 9.17) is 52.1 Å². The van der Waals surface area contributed by atoms with E-state index in [-0.39, 0.29) is 19.1 Å². The first kappa shape index (κ1) is 58.3. The van der Waals surface area contributed by atoms with E-state index in [9.17, 15) is 81.4 Å². The lowest BCUT2D eigenvalue weighted by Gasteiger charge is -2.49. The summed E-state index contributed by atoms with van der Waals surface area (Å²) in [5.41, 5.74) is 0.951. The second-order valence-electron chi connectivity index (χ2n) is 18.7. The molecule has 25 unspecified atom stereocenters. The number of carbonyl (C=O) groups excluding carboxylic acids is 1. The third-order valence-electron chi connectivity index (χ3n) is 13.9. The zero-order valence-corrected chi connectivity index (χ0v) is 39.7. The largest absolute Gasteiger partial charge is 0.394 e. The molecular formula is C42H70N4O27. The molecule has 1 aromatic heterocycles. The van der Waals surface area contributed by atoms with Crippen LogP contribution in [0.3, 0.4) is 0 Å². The molecule has 0 aromatic carbocycles. The minimum atomic E-state index is -2.14. The second kappa shape index (κ2) is 25.8. The predicted octanol–water partition coefficient (Wildman–Crippen LogP) is -10.1. The van der Waals surface area contributed by atoms with Crippen molar-refractivity contribution < 1.29 is 133 Å². The van der Waals surface area contributed by atoms with Crippen molar-refractivity contribution in [2.75, 3.05) is 47.2 Å². The van der Waals surface area contributed by atoms with E-state index in [1.54, 1.807) is 0 Å². The minimum Gasteiger partial charge on any atom is -0.394 e. The first-order valence-corrected chi connectivity index (χ1v) is 24.0. The summed E-state index contributed by atoms with van der Waals surface area (Å²) in [5.74, 6) is -0.379. The van der Waals surface area contributed by atoms with Crippen molar-refractivity contribution in [1.29, 1.82) is 0 Å². The van der Waals surface area contributed by atoms with Crippen LogP contribution < -0.4 is 5.32 Å². The van der Waals surface area contributed by atoms with E-state index in [2.05, 4.69) is 15.6 Å². The molecule has 6 aliphatic rings. The third kappa shape index (κ3) is 12.5. The van der Waals surface area contributed by atoms with Gasteiger partial charge < -0.3 is 134 Å². The Morgan fingerprint density at radius 1 is 0.548 bits per heavy atom. The molecule has 7 rings (SSSR count). The van der Waals surface area contributed by atoms with Crippen LogP contribution in [0.2, 0.25) is 0 Å². The van der Waals surface area contributed by atoms with E-state index in [0.29, 0.717) is 30.7 Å². The quantitative estimate of drug-likeness (QED) is 0.0649. The van der Waals surface area contributed by atoms with Gasteiger partial charge in [-0.25, -0.2) is 4.68 Å². The molecule has 31 heteroatoms. The number of methoxy groups -OCH3 is 1. The van der Waals surface area contributed by atoms with Crippen molar-refractivity contribution in [3.63, 3.8) is 0 Å². The standard InChI is InChI=1S/C42H70N4O27/c1-43-21(51)13-64-15-7-5-3-4-6-14-22(15)44-45-46(14)8-16-34(70-39-29(58)24(53)23(52)17(9-47)66-39)26(55)31(60)40(65-16)71-36-19(11-49)68-42(32(61)27(36)56)73-37-20(12-50)69-41(33(62)28(37)57)72-35-18(10-48)67-38(63-2)30(59)25(35)54/h15-20,23-42,47-50,52-62H,3-13H2,1-2H3,(H,43,51)/t15?,16?,17-,18?,19?,20?,23?,24?,25?,26?,27?,28?,29?,30?,31?,32?,33?,34?,35?,36?,37?,38?,39?,40?,41?,42?/m0/s1. The number of ether oxygens (including phenoxy) is 11. The van der Waals surface area contributed by atoms with Gasteiger partial charge in [-0.3, -0.25) is 4.79 Å². The molecule has 1 aliphatic carbocycles. The summed E-state index contributed by atoms with van der Waals surface area (Å²) in [6, 6.07) is 0. The lowest BCUT2D eigenvalue weighted by Crippen LogP contribution is -2.68. The molecular weight excluding hydrogens is 992 g/mol. The third-order valence-corrected chi connectivity index (χ3v) is 13.9. The molecule has 0 radical (unpaired) electrons. The molecule has 16 N–H and O–H groups in total. The van der Waals surface area contributed by atoms with Crippen molar-refractivity contribution in [2.45, 2.75) is 198 Å². The van der Waals surface area contributed by atoms with Crippen LogP contribution in [0.5, 0.6) is 0 Å². The first-order valence-electron chi connectivity index (χ1n) is 24.0. The lowest BCUT2D eigenvalue weighted by atomic mass is 9.95. The Labute approximate surface area is 416 Å². The van der Waals surface area contributed by atoms with Gasteiger partial charge in [0.1, 0.15) is 140 Å². The van der Waals surface area contributed by atoms with Gasteiger partial charge in [0, 0.05) is 14.2 Å². The number of fused-ring (bicyclic) bond motifs is 1. The van der Waals surface area contributed by atoms with E-state index < -0.39 is 186 Å². The number of amides is 1. The fraction of sp³-hybridized carbons (Fsp3) is 0.929. The zero-order chi connectivity index (χ0) is 53.0. The van der Waals surface area contributed by atoms with E-state index >= 15 is 0 Å². The maximum Gasteiger partial charge on any atom is 0.245 e. The van der Waals surface area contributed by atoms with Crippen LogP contribution >= 0.6 is 0 Å². The number of rotatable bonds is 18. The molecule has 5 saturated heterocycles. The van der Waals surface area contributed by atoms with Crippen molar-refractivity contribution >= 4 is 5.91 Å². The number of likely N-dealkylation sites (N-methyl/N-ethyl adjacent to an activating group) is 1. The SMILES string of the molecule is CNC(=O)COC1CCCCCc2c1nnn2CC1OC(OC2C(CO)OC(OC3C(CO)OC(OC4C(CO)OC(OC)C(O)C4O)C(O)C3O)C(O)C2O)C(O)C(O)C1OC1O[C@@H](CO)C(O)C(O)C1O. The van der Waals surface area contributed by atoms with Gasteiger partial charge in [0.15, 0.2) is 31.5 Å². The maximum atomic E-state index is 12.1. The fourth-order valence-corrected chi connectivity index (χ4v) is 9.73. The molecule has 6 heterocycles. The smallest absolute Gasteiger partial charge is 0.245 e. The number of nitrogens with zero attached hydrogens (tertiary/aromatic N) is 3. The Kier molecular flexibility index (Phi) is 20.6. The number of aliphatic hydroxyl groups excluding tert-OH is 15. The highest BCUT2D eigenvalue weighted by Crippen LogP contribution is 2.37. The van der Waals surface area contributed by atoms with E-state index in [1.807, 2.05) is 0 Å². The number of hydrogen-bond donors (Lipinski definition) is 16. The molecule has 0 bridgehead atoms.